The Morgan fingerprint density at radius 3 is 2.52 bits per heavy atom. The zero-order valence-corrected chi connectivity index (χ0v) is 14.8. The maximum absolute atomic E-state index is 14.4. The number of hydrogen-bond donors (Lipinski definition) is 0. The topological polar surface area (TPSA) is 29.5 Å². The first-order chi connectivity index (χ1) is 11.9. The van der Waals surface area contributed by atoms with Gasteiger partial charge >= 0.3 is 5.97 Å². The van der Waals surface area contributed by atoms with Crippen LogP contribution < -0.4 is 4.90 Å². The lowest BCUT2D eigenvalue weighted by Gasteiger charge is -2.26. The molecule has 25 heavy (non-hydrogen) atoms. The van der Waals surface area contributed by atoms with Gasteiger partial charge in [-0.1, -0.05) is 26.0 Å². The maximum atomic E-state index is 14.4. The molecule has 0 saturated carbocycles. The molecule has 0 fully saturated rings. The maximum Gasteiger partial charge on any atom is 0.337 e. The minimum atomic E-state index is -0.577. The molecule has 3 nitrogen and oxygen atoms in total. The summed E-state index contributed by atoms with van der Waals surface area (Å²) in [7, 11) is 1.26. The van der Waals surface area contributed by atoms with Crippen molar-refractivity contribution >= 4 is 11.7 Å². The summed E-state index contributed by atoms with van der Waals surface area (Å²) >= 11 is 0. The Bertz CT molecular complexity index is 731. The smallest absolute Gasteiger partial charge is 0.337 e. The van der Waals surface area contributed by atoms with Crippen LogP contribution >= 0.6 is 0 Å². The molecule has 0 atom stereocenters. The molecule has 2 aromatic carbocycles. The zero-order valence-electron chi connectivity index (χ0n) is 14.8. The second-order valence-electron chi connectivity index (χ2n) is 6.38. The number of hydrogen-bond acceptors (Lipinski definition) is 3. The normalized spacial score (nSPS) is 10.8. The molecular formula is C20H23F2NO2. The average molecular weight is 347 g/mol. The number of methoxy groups -OCH3 is 1. The minimum absolute atomic E-state index is 0.170. The van der Waals surface area contributed by atoms with E-state index in [1.165, 1.54) is 31.4 Å². The van der Waals surface area contributed by atoms with Gasteiger partial charge in [0, 0.05) is 24.3 Å². The van der Waals surface area contributed by atoms with Crippen molar-refractivity contribution in [3.63, 3.8) is 0 Å². The highest BCUT2D eigenvalue weighted by molar-refractivity contribution is 5.89. The summed E-state index contributed by atoms with van der Waals surface area (Å²) in [5.74, 6) is -0.905. The van der Waals surface area contributed by atoms with Gasteiger partial charge in [-0.2, -0.15) is 0 Å². The standard InChI is InChI=1S/C20H23F2NO2/c1-14(2)9-10-23(18-6-4-5-17(21)12-18)13-16-8-7-15(11-19(16)22)20(24)25-3/h4-8,11-12,14H,9-10,13H2,1-3H3. The van der Waals surface area contributed by atoms with E-state index in [1.807, 2.05) is 11.0 Å². The number of ether oxygens (including phenoxy) is 1. The van der Waals surface area contributed by atoms with Crippen LogP contribution in [0.15, 0.2) is 42.5 Å². The van der Waals surface area contributed by atoms with Gasteiger partial charge in [-0.05, 0) is 42.7 Å². The quantitative estimate of drug-likeness (QED) is 0.674. The number of halogens is 2. The first kappa shape index (κ1) is 18.9. The fourth-order valence-corrected chi connectivity index (χ4v) is 2.51. The molecule has 0 bridgehead atoms. The molecule has 0 aliphatic carbocycles. The number of anilines is 1. The predicted molar refractivity (Wildman–Crippen MR) is 94.6 cm³/mol. The van der Waals surface area contributed by atoms with Crippen LogP contribution in [-0.4, -0.2) is 19.6 Å². The monoisotopic (exact) mass is 347 g/mol. The fourth-order valence-electron chi connectivity index (χ4n) is 2.51. The highest BCUT2D eigenvalue weighted by Gasteiger charge is 2.14. The van der Waals surface area contributed by atoms with Gasteiger partial charge in [0.15, 0.2) is 0 Å². The Morgan fingerprint density at radius 1 is 1.16 bits per heavy atom. The molecule has 5 heteroatoms. The number of benzene rings is 2. The fraction of sp³-hybridized carbons (Fsp3) is 0.350. The van der Waals surface area contributed by atoms with Gasteiger partial charge in [0.25, 0.3) is 0 Å². The minimum Gasteiger partial charge on any atom is -0.465 e. The van der Waals surface area contributed by atoms with Gasteiger partial charge in [0.2, 0.25) is 0 Å². The number of carbonyl (C=O) groups is 1. The lowest BCUT2D eigenvalue weighted by Crippen LogP contribution is -2.25. The number of carbonyl (C=O) groups excluding carboxylic acids is 1. The van der Waals surface area contributed by atoms with Gasteiger partial charge in [-0.3, -0.25) is 0 Å². The molecule has 0 aliphatic heterocycles. The Kier molecular flexibility index (Phi) is 6.51. The van der Waals surface area contributed by atoms with Crippen LogP contribution in [0.3, 0.4) is 0 Å². The van der Waals surface area contributed by atoms with E-state index in [1.54, 1.807) is 12.1 Å². The summed E-state index contributed by atoms with van der Waals surface area (Å²) in [6.45, 7) is 5.19. The van der Waals surface area contributed by atoms with Crippen molar-refractivity contribution in [1.82, 2.24) is 0 Å². The Hall–Kier alpha value is -2.43. The third kappa shape index (κ3) is 5.28. The van der Waals surface area contributed by atoms with Gasteiger partial charge in [0.1, 0.15) is 11.6 Å². The predicted octanol–water partition coefficient (Wildman–Crippen LogP) is 4.80. The summed E-state index contributed by atoms with van der Waals surface area (Å²) in [4.78, 5) is 13.4. The van der Waals surface area contributed by atoms with E-state index in [0.29, 0.717) is 30.3 Å². The summed E-state index contributed by atoms with van der Waals surface area (Å²) in [5, 5.41) is 0. The number of nitrogens with zero attached hydrogens (tertiary/aromatic N) is 1. The van der Waals surface area contributed by atoms with Crippen LogP contribution in [-0.2, 0) is 11.3 Å². The van der Waals surface area contributed by atoms with Gasteiger partial charge < -0.3 is 9.64 Å². The average Bonchev–Trinajstić information content (AvgIpc) is 2.58. The van der Waals surface area contributed by atoms with Crippen molar-refractivity contribution in [1.29, 1.82) is 0 Å². The molecule has 0 heterocycles. The summed E-state index contributed by atoms with van der Waals surface area (Å²) in [5.41, 5.74) is 1.32. The molecule has 2 rings (SSSR count). The highest BCUT2D eigenvalue weighted by atomic mass is 19.1. The van der Waals surface area contributed by atoms with E-state index in [-0.39, 0.29) is 11.4 Å². The third-order valence-corrected chi connectivity index (χ3v) is 3.99. The van der Waals surface area contributed by atoms with Crippen LogP contribution in [0.2, 0.25) is 0 Å². The second-order valence-corrected chi connectivity index (χ2v) is 6.38. The van der Waals surface area contributed by atoms with Gasteiger partial charge in [0.05, 0.1) is 12.7 Å². The first-order valence-corrected chi connectivity index (χ1v) is 8.28. The van der Waals surface area contributed by atoms with Crippen LogP contribution in [0, 0.1) is 17.6 Å². The molecule has 0 unspecified atom stereocenters. The van der Waals surface area contributed by atoms with Crippen molar-refractivity contribution in [2.45, 2.75) is 26.8 Å². The molecule has 0 saturated heterocycles. The van der Waals surface area contributed by atoms with Crippen molar-refractivity contribution in [3.05, 3.63) is 65.2 Å². The third-order valence-electron chi connectivity index (χ3n) is 3.99. The van der Waals surface area contributed by atoms with E-state index >= 15 is 0 Å². The zero-order chi connectivity index (χ0) is 18.4. The van der Waals surface area contributed by atoms with Gasteiger partial charge in [-0.15, -0.1) is 0 Å². The second kappa shape index (κ2) is 8.60. The lowest BCUT2D eigenvalue weighted by molar-refractivity contribution is 0.0600. The van der Waals surface area contributed by atoms with E-state index < -0.39 is 11.8 Å². The van der Waals surface area contributed by atoms with Crippen LogP contribution in [0.4, 0.5) is 14.5 Å². The van der Waals surface area contributed by atoms with Crippen molar-refractivity contribution < 1.29 is 18.3 Å². The Balaban J connectivity index is 2.25. The van der Waals surface area contributed by atoms with E-state index in [9.17, 15) is 13.6 Å². The SMILES string of the molecule is COC(=O)c1ccc(CN(CCC(C)C)c2cccc(F)c2)c(F)c1. The molecular weight excluding hydrogens is 324 g/mol. The molecule has 134 valence electrons. The largest absolute Gasteiger partial charge is 0.465 e. The van der Waals surface area contributed by atoms with Crippen LogP contribution in [0.1, 0.15) is 36.2 Å². The summed E-state index contributed by atoms with van der Waals surface area (Å²) in [6.07, 6.45) is 0.901. The lowest BCUT2D eigenvalue weighted by atomic mass is 10.1. The van der Waals surface area contributed by atoms with E-state index in [2.05, 4.69) is 18.6 Å². The Labute approximate surface area is 147 Å². The number of esters is 1. The van der Waals surface area contributed by atoms with Crippen molar-refractivity contribution in [2.24, 2.45) is 5.92 Å². The molecule has 0 aliphatic rings. The molecule has 0 aromatic heterocycles. The molecule has 0 amide bonds. The van der Waals surface area contributed by atoms with Crippen LogP contribution in [0.5, 0.6) is 0 Å². The first-order valence-electron chi connectivity index (χ1n) is 8.28. The molecule has 0 spiro atoms. The van der Waals surface area contributed by atoms with Crippen molar-refractivity contribution in [2.75, 3.05) is 18.6 Å². The highest BCUT2D eigenvalue weighted by Crippen LogP contribution is 2.22. The van der Waals surface area contributed by atoms with Gasteiger partial charge in [-0.25, -0.2) is 13.6 Å². The van der Waals surface area contributed by atoms with E-state index in [4.69, 9.17) is 0 Å². The molecule has 0 radical (unpaired) electrons. The van der Waals surface area contributed by atoms with Crippen molar-refractivity contribution in [3.8, 4) is 0 Å². The number of rotatable bonds is 7. The Morgan fingerprint density at radius 2 is 1.92 bits per heavy atom. The molecule has 0 N–H and O–H groups in total. The summed E-state index contributed by atoms with van der Waals surface area (Å²) < 4.78 is 32.6. The molecule has 2 aromatic rings. The van der Waals surface area contributed by atoms with Crippen LogP contribution in [0.25, 0.3) is 0 Å². The summed E-state index contributed by atoms with van der Waals surface area (Å²) in [6, 6.07) is 10.6. The van der Waals surface area contributed by atoms with E-state index in [0.717, 1.165) is 6.42 Å².